The number of rotatable bonds is 2. The van der Waals surface area contributed by atoms with Gasteiger partial charge in [0.05, 0.1) is 5.52 Å². The predicted octanol–water partition coefficient (Wildman–Crippen LogP) is 3.32. The van der Waals surface area contributed by atoms with Gasteiger partial charge in [-0.25, -0.2) is 9.59 Å². The normalized spacial score (nSPS) is 25.5. The number of likely N-dealkylation sites (tertiary alicyclic amines) is 1. The fraction of sp³-hybridized carbons (Fsp3) is 0.579. The lowest BCUT2D eigenvalue weighted by atomic mass is 9.65. The fourth-order valence-corrected chi connectivity index (χ4v) is 4.12. The third kappa shape index (κ3) is 3.30. The van der Waals surface area contributed by atoms with Crippen LogP contribution in [-0.4, -0.2) is 40.7 Å². The Bertz CT molecular complexity index is 886. The molecule has 0 radical (unpaired) electrons. The van der Waals surface area contributed by atoms with Crippen LogP contribution < -0.4 is 11.1 Å². The van der Waals surface area contributed by atoms with Crippen molar-refractivity contribution in [2.24, 2.45) is 5.41 Å². The van der Waals surface area contributed by atoms with Crippen molar-refractivity contribution < 1.29 is 13.9 Å². The average Bonchev–Trinajstić information content (AvgIpc) is 3.08. The highest BCUT2D eigenvalue weighted by Crippen LogP contribution is 2.49. The van der Waals surface area contributed by atoms with Gasteiger partial charge in [-0.15, -0.1) is 0 Å². The van der Waals surface area contributed by atoms with Gasteiger partial charge in [0, 0.05) is 24.8 Å². The van der Waals surface area contributed by atoms with Crippen LogP contribution in [-0.2, 0) is 4.74 Å². The number of hydrogen-bond acceptors (Lipinski definition) is 5. The zero-order valence-corrected chi connectivity index (χ0v) is 15.4. The van der Waals surface area contributed by atoms with E-state index >= 15 is 0 Å². The van der Waals surface area contributed by atoms with Crippen molar-refractivity contribution in [3.8, 4) is 0 Å². The van der Waals surface area contributed by atoms with Crippen LogP contribution in [0.2, 0.25) is 0 Å². The van der Waals surface area contributed by atoms with Gasteiger partial charge in [-0.2, -0.15) is 0 Å². The van der Waals surface area contributed by atoms with Crippen LogP contribution >= 0.6 is 0 Å². The summed E-state index contributed by atoms with van der Waals surface area (Å²) >= 11 is 0. The van der Waals surface area contributed by atoms with Crippen LogP contribution in [0.3, 0.4) is 0 Å². The molecule has 0 unspecified atom stereocenters. The summed E-state index contributed by atoms with van der Waals surface area (Å²) in [6, 6.07) is 5.99. The zero-order chi connectivity index (χ0) is 18.5. The molecule has 7 nitrogen and oxygen atoms in total. The number of H-pyrrole nitrogens is 1. The Balaban J connectivity index is 1.33. The van der Waals surface area contributed by atoms with E-state index in [1.165, 1.54) is 0 Å². The van der Waals surface area contributed by atoms with E-state index in [9.17, 15) is 9.59 Å². The van der Waals surface area contributed by atoms with Gasteiger partial charge in [-0.3, -0.25) is 4.98 Å². The fourth-order valence-electron chi connectivity index (χ4n) is 4.12. The van der Waals surface area contributed by atoms with Crippen LogP contribution in [0.5, 0.6) is 0 Å². The summed E-state index contributed by atoms with van der Waals surface area (Å²) in [5.74, 6) is -0.437. The van der Waals surface area contributed by atoms with Gasteiger partial charge in [0.25, 0.3) is 0 Å². The number of nitrogens with zero attached hydrogens (tertiary/aromatic N) is 1. The maximum atomic E-state index is 12.2. The Morgan fingerprint density at radius 2 is 2.15 bits per heavy atom. The van der Waals surface area contributed by atoms with E-state index in [1.807, 2.05) is 37.8 Å². The highest BCUT2D eigenvalue weighted by atomic mass is 16.6. The van der Waals surface area contributed by atoms with E-state index in [4.69, 9.17) is 9.15 Å². The SMILES string of the molecule is CC(C)(C)OC(=O)N1CCC2(CC(Nc3ccc4oc(=O)[nH]c4c3)C2)C1. The highest BCUT2D eigenvalue weighted by molar-refractivity contribution is 5.77. The van der Waals surface area contributed by atoms with Crippen molar-refractivity contribution in [1.82, 2.24) is 9.88 Å². The molecule has 1 amide bonds. The molecule has 0 bridgehead atoms. The Kier molecular flexibility index (Phi) is 3.78. The summed E-state index contributed by atoms with van der Waals surface area (Å²) in [6.45, 7) is 7.22. The summed E-state index contributed by atoms with van der Waals surface area (Å²) in [4.78, 5) is 28.0. The maximum absolute atomic E-state index is 12.2. The second kappa shape index (κ2) is 5.79. The second-order valence-electron chi connectivity index (χ2n) is 8.63. The predicted molar refractivity (Wildman–Crippen MR) is 98.3 cm³/mol. The number of ether oxygens (including phenoxy) is 1. The van der Waals surface area contributed by atoms with Crippen molar-refractivity contribution in [2.45, 2.75) is 51.7 Å². The van der Waals surface area contributed by atoms with E-state index in [0.29, 0.717) is 17.1 Å². The maximum Gasteiger partial charge on any atom is 0.417 e. The molecule has 2 aliphatic rings. The summed E-state index contributed by atoms with van der Waals surface area (Å²) in [6.07, 6.45) is 2.89. The van der Waals surface area contributed by atoms with Crippen LogP contribution in [0.4, 0.5) is 10.5 Å². The molecule has 2 fully saturated rings. The molecular formula is C19H25N3O4. The molecule has 2 N–H and O–H groups in total. The van der Waals surface area contributed by atoms with E-state index in [1.54, 1.807) is 6.07 Å². The summed E-state index contributed by atoms with van der Waals surface area (Å²) in [5.41, 5.74) is 1.99. The largest absolute Gasteiger partial charge is 0.444 e. The molecule has 0 atom stereocenters. The first-order valence-electron chi connectivity index (χ1n) is 9.09. The number of benzene rings is 1. The summed E-state index contributed by atoms with van der Waals surface area (Å²) in [7, 11) is 0. The van der Waals surface area contributed by atoms with E-state index in [2.05, 4.69) is 10.3 Å². The number of fused-ring (bicyclic) bond motifs is 1. The number of carbonyl (C=O) groups excluding carboxylic acids is 1. The number of carbonyl (C=O) groups is 1. The lowest BCUT2D eigenvalue weighted by Gasteiger charge is -2.45. The van der Waals surface area contributed by atoms with Gasteiger partial charge in [-0.05, 0) is 63.6 Å². The lowest BCUT2D eigenvalue weighted by molar-refractivity contribution is 0.0237. The monoisotopic (exact) mass is 359 g/mol. The third-order valence-corrected chi connectivity index (χ3v) is 5.24. The van der Waals surface area contributed by atoms with E-state index in [0.717, 1.165) is 38.0 Å². The number of aromatic nitrogens is 1. The van der Waals surface area contributed by atoms with Gasteiger partial charge < -0.3 is 19.4 Å². The quantitative estimate of drug-likeness (QED) is 0.859. The van der Waals surface area contributed by atoms with Crippen molar-refractivity contribution in [1.29, 1.82) is 0 Å². The second-order valence-corrected chi connectivity index (χ2v) is 8.63. The van der Waals surface area contributed by atoms with Crippen molar-refractivity contribution in [3.63, 3.8) is 0 Å². The molecule has 1 spiro atoms. The first-order valence-corrected chi connectivity index (χ1v) is 9.09. The van der Waals surface area contributed by atoms with Crippen LogP contribution in [0.25, 0.3) is 11.1 Å². The molecule has 7 heteroatoms. The molecule has 1 saturated heterocycles. The third-order valence-electron chi connectivity index (χ3n) is 5.24. The number of hydrogen-bond donors (Lipinski definition) is 2. The number of oxazole rings is 1. The van der Waals surface area contributed by atoms with Crippen LogP contribution in [0.15, 0.2) is 27.4 Å². The summed E-state index contributed by atoms with van der Waals surface area (Å²) in [5, 5.41) is 3.51. The van der Waals surface area contributed by atoms with Crippen LogP contribution in [0.1, 0.15) is 40.0 Å². The van der Waals surface area contributed by atoms with Gasteiger partial charge in [0.15, 0.2) is 5.58 Å². The smallest absolute Gasteiger partial charge is 0.417 e. The van der Waals surface area contributed by atoms with Crippen molar-refractivity contribution >= 4 is 22.9 Å². The summed E-state index contributed by atoms with van der Waals surface area (Å²) < 4.78 is 10.5. The Labute approximate surface area is 151 Å². The molecular weight excluding hydrogens is 334 g/mol. The zero-order valence-electron chi connectivity index (χ0n) is 15.4. The number of amides is 1. The average molecular weight is 359 g/mol. The molecule has 2 heterocycles. The van der Waals surface area contributed by atoms with E-state index in [-0.39, 0.29) is 11.5 Å². The molecule has 1 aromatic heterocycles. The lowest BCUT2D eigenvalue weighted by Crippen LogP contribution is -2.47. The number of anilines is 1. The highest BCUT2D eigenvalue weighted by Gasteiger charge is 2.50. The van der Waals surface area contributed by atoms with Gasteiger partial charge in [-0.1, -0.05) is 0 Å². The molecule has 4 rings (SSSR count). The van der Waals surface area contributed by atoms with Crippen LogP contribution in [0, 0.1) is 5.41 Å². The Morgan fingerprint density at radius 1 is 1.38 bits per heavy atom. The number of aromatic amines is 1. The van der Waals surface area contributed by atoms with Gasteiger partial charge in [0.1, 0.15) is 5.60 Å². The molecule has 1 saturated carbocycles. The minimum absolute atomic E-state index is 0.208. The first-order chi connectivity index (χ1) is 12.2. The number of nitrogens with one attached hydrogen (secondary N) is 2. The Hall–Kier alpha value is -2.44. The molecule has 26 heavy (non-hydrogen) atoms. The minimum Gasteiger partial charge on any atom is -0.444 e. The molecule has 1 aliphatic carbocycles. The topological polar surface area (TPSA) is 87.6 Å². The molecule has 140 valence electrons. The minimum atomic E-state index is -0.455. The van der Waals surface area contributed by atoms with E-state index < -0.39 is 11.4 Å². The van der Waals surface area contributed by atoms with Crippen molar-refractivity contribution in [2.75, 3.05) is 18.4 Å². The molecule has 1 aromatic carbocycles. The first kappa shape index (κ1) is 17.0. The molecule has 2 aromatic rings. The van der Waals surface area contributed by atoms with Gasteiger partial charge in [0.2, 0.25) is 0 Å². The molecule has 1 aliphatic heterocycles. The van der Waals surface area contributed by atoms with Crippen molar-refractivity contribution in [3.05, 3.63) is 28.7 Å². The van der Waals surface area contributed by atoms with Gasteiger partial charge >= 0.3 is 11.8 Å². The standard InChI is InChI=1S/C19H25N3O4/c1-18(2,3)26-17(24)22-7-6-19(11-22)9-13(10-19)20-12-4-5-15-14(8-12)21-16(23)25-15/h4-5,8,13,20H,6-7,9-11H2,1-3H3,(H,21,23). The Morgan fingerprint density at radius 3 is 2.88 bits per heavy atom.